The number of nitrogens with two attached hydrogens (primary N) is 1. The van der Waals surface area contributed by atoms with Crippen molar-refractivity contribution in [1.82, 2.24) is 4.98 Å². The zero-order valence-corrected chi connectivity index (χ0v) is 11.4. The molecule has 0 spiro atoms. The second-order valence-corrected chi connectivity index (χ2v) is 6.67. The van der Waals surface area contributed by atoms with Crippen molar-refractivity contribution in [3.8, 4) is 0 Å². The van der Waals surface area contributed by atoms with E-state index in [2.05, 4.69) is 4.98 Å². The van der Waals surface area contributed by atoms with E-state index in [9.17, 15) is 13.2 Å². The van der Waals surface area contributed by atoms with Crippen LogP contribution < -0.4 is 5.14 Å². The zero-order chi connectivity index (χ0) is 14.5. The smallest absolute Gasteiger partial charge is 0.306 e. The lowest BCUT2D eigenvalue weighted by molar-refractivity contribution is -0.142. The molecule has 0 fully saturated rings. The predicted octanol–water partition coefficient (Wildman–Crippen LogP) is 1.00. The molecule has 20 heavy (non-hydrogen) atoms. The van der Waals surface area contributed by atoms with Crippen molar-refractivity contribution >= 4 is 26.9 Å². The maximum absolute atomic E-state index is 11.4. The number of aromatic nitrogens is 1. The molecule has 0 bridgehead atoms. The maximum Gasteiger partial charge on any atom is 0.306 e. The average Bonchev–Trinajstić information content (AvgIpc) is 2.74. The third-order valence-electron chi connectivity index (χ3n) is 3.84. The molecule has 0 aliphatic heterocycles. The summed E-state index contributed by atoms with van der Waals surface area (Å²) in [6.07, 6.45) is 1.64. The van der Waals surface area contributed by atoms with E-state index >= 15 is 0 Å². The SMILES string of the molecule is NS(=O)(=O)c1ccc2[nH]c3c(c2c1)CCC(C(=O)O)C3. The van der Waals surface area contributed by atoms with E-state index < -0.39 is 16.0 Å². The molecular weight excluding hydrogens is 280 g/mol. The Morgan fingerprint density at radius 1 is 1.40 bits per heavy atom. The number of aliphatic carboxylic acids is 1. The Morgan fingerprint density at radius 3 is 2.80 bits per heavy atom. The molecule has 0 saturated heterocycles. The number of hydrogen-bond acceptors (Lipinski definition) is 3. The quantitative estimate of drug-likeness (QED) is 0.766. The van der Waals surface area contributed by atoms with Crippen LogP contribution in [0.5, 0.6) is 0 Å². The number of nitrogens with one attached hydrogen (secondary N) is 1. The first-order valence-corrected chi connectivity index (χ1v) is 7.80. The number of sulfonamides is 1. The van der Waals surface area contributed by atoms with Crippen LogP contribution in [-0.2, 0) is 27.7 Å². The van der Waals surface area contributed by atoms with Gasteiger partial charge in [0.25, 0.3) is 0 Å². The summed E-state index contributed by atoms with van der Waals surface area (Å²) in [7, 11) is -3.73. The van der Waals surface area contributed by atoms with E-state index in [4.69, 9.17) is 10.2 Å². The van der Waals surface area contributed by atoms with Gasteiger partial charge in [-0.15, -0.1) is 0 Å². The van der Waals surface area contributed by atoms with Gasteiger partial charge in [0.1, 0.15) is 0 Å². The molecule has 1 aliphatic carbocycles. The lowest BCUT2D eigenvalue weighted by atomic mass is 9.87. The molecule has 1 atom stereocenters. The lowest BCUT2D eigenvalue weighted by Gasteiger charge is -2.18. The Bertz CT molecular complexity index is 807. The molecule has 1 aliphatic rings. The minimum absolute atomic E-state index is 0.0761. The van der Waals surface area contributed by atoms with E-state index in [-0.39, 0.29) is 10.8 Å². The topological polar surface area (TPSA) is 113 Å². The molecule has 0 amide bonds. The first kappa shape index (κ1) is 13.1. The van der Waals surface area contributed by atoms with Gasteiger partial charge < -0.3 is 10.1 Å². The third kappa shape index (κ3) is 2.08. The van der Waals surface area contributed by atoms with Gasteiger partial charge in [-0.25, -0.2) is 13.6 Å². The Kier molecular flexibility index (Phi) is 2.84. The molecule has 7 heteroatoms. The standard InChI is InChI=1S/C13H14N2O4S/c14-20(18,19)8-2-4-11-10(6-8)9-3-1-7(13(16)17)5-12(9)15-11/h2,4,6-7,15H,1,3,5H2,(H,16,17)(H2,14,18,19). The average molecular weight is 294 g/mol. The number of aromatic amines is 1. The fourth-order valence-electron chi connectivity index (χ4n) is 2.80. The monoisotopic (exact) mass is 294 g/mol. The number of fused-ring (bicyclic) bond motifs is 3. The highest BCUT2D eigenvalue weighted by molar-refractivity contribution is 7.89. The minimum Gasteiger partial charge on any atom is -0.481 e. The van der Waals surface area contributed by atoms with E-state index in [1.54, 1.807) is 12.1 Å². The Morgan fingerprint density at radius 2 is 2.15 bits per heavy atom. The van der Waals surface area contributed by atoms with Gasteiger partial charge in [0.05, 0.1) is 10.8 Å². The van der Waals surface area contributed by atoms with Crippen molar-refractivity contribution in [2.45, 2.75) is 24.2 Å². The van der Waals surface area contributed by atoms with Gasteiger partial charge >= 0.3 is 5.97 Å². The summed E-state index contributed by atoms with van der Waals surface area (Å²) < 4.78 is 22.8. The van der Waals surface area contributed by atoms with E-state index in [1.165, 1.54) is 6.07 Å². The predicted molar refractivity (Wildman–Crippen MR) is 72.8 cm³/mol. The molecule has 0 radical (unpaired) electrons. The number of hydrogen-bond donors (Lipinski definition) is 3. The van der Waals surface area contributed by atoms with Gasteiger partial charge in [0.15, 0.2) is 0 Å². The van der Waals surface area contributed by atoms with Crippen molar-refractivity contribution < 1.29 is 18.3 Å². The van der Waals surface area contributed by atoms with Crippen LogP contribution >= 0.6 is 0 Å². The van der Waals surface area contributed by atoms with Crippen molar-refractivity contribution in [3.63, 3.8) is 0 Å². The summed E-state index contributed by atoms with van der Waals surface area (Å²) in [5.74, 6) is -1.17. The van der Waals surface area contributed by atoms with Crippen LogP contribution in [0, 0.1) is 5.92 Å². The highest BCUT2D eigenvalue weighted by Gasteiger charge is 2.27. The highest BCUT2D eigenvalue weighted by atomic mass is 32.2. The summed E-state index contributed by atoms with van der Waals surface area (Å²) in [5, 5.41) is 15.0. The molecule has 2 aromatic rings. The Balaban J connectivity index is 2.13. The van der Waals surface area contributed by atoms with Gasteiger partial charge in [-0.1, -0.05) is 0 Å². The molecule has 0 saturated carbocycles. The summed E-state index contributed by atoms with van der Waals surface area (Å²) in [5.41, 5.74) is 2.70. The van der Waals surface area contributed by atoms with Crippen molar-refractivity contribution in [1.29, 1.82) is 0 Å². The number of primary sulfonamides is 1. The number of H-pyrrole nitrogens is 1. The Hall–Kier alpha value is -1.86. The summed E-state index contributed by atoms with van der Waals surface area (Å²) in [6, 6.07) is 4.68. The molecule has 1 heterocycles. The maximum atomic E-state index is 11.4. The minimum atomic E-state index is -3.73. The fraction of sp³-hybridized carbons (Fsp3) is 0.308. The number of rotatable bonds is 2. The van der Waals surface area contributed by atoms with Gasteiger partial charge in [-0.05, 0) is 36.6 Å². The second-order valence-electron chi connectivity index (χ2n) is 5.11. The van der Waals surface area contributed by atoms with E-state index in [0.717, 1.165) is 22.2 Å². The van der Waals surface area contributed by atoms with Crippen molar-refractivity contribution in [3.05, 3.63) is 29.5 Å². The van der Waals surface area contributed by atoms with Gasteiger partial charge in [-0.2, -0.15) is 0 Å². The van der Waals surface area contributed by atoms with Crippen LogP contribution in [0.1, 0.15) is 17.7 Å². The number of carbonyl (C=O) groups is 1. The zero-order valence-electron chi connectivity index (χ0n) is 10.6. The third-order valence-corrected chi connectivity index (χ3v) is 4.75. The summed E-state index contributed by atoms with van der Waals surface area (Å²) >= 11 is 0. The van der Waals surface area contributed by atoms with Crippen LogP contribution in [-0.4, -0.2) is 24.5 Å². The van der Waals surface area contributed by atoms with Crippen LogP contribution in [0.2, 0.25) is 0 Å². The van der Waals surface area contributed by atoms with Crippen LogP contribution in [0.15, 0.2) is 23.1 Å². The van der Waals surface area contributed by atoms with Gasteiger partial charge in [0.2, 0.25) is 10.0 Å². The lowest BCUT2D eigenvalue weighted by Crippen LogP contribution is -2.21. The second kappa shape index (κ2) is 4.32. The molecule has 106 valence electrons. The molecule has 1 aromatic heterocycles. The van der Waals surface area contributed by atoms with Crippen molar-refractivity contribution in [2.24, 2.45) is 11.1 Å². The first-order valence-electron chi connectivity index (χ1n) is 6.25. The highest BCUT2D eigenvalue weighted by Crippen LogP contribution is 2.32. The van der Waals surface area contributed by atoms with Gasteiger partial charge in [0, 0.05) is 23.0 Å². The fourth-order valence-corrected chi connectivity index (χ4v) is 3.34. The molecular formula is C13H14N2O4S. The summed E-state index contributed by atoms with van der Waals surface area (Å²) in [4.78, 5) is 14.3. The number of carboxylic acid groups (broad SMARTS) is 1. The molecule has 1 unspecified atom stereocenters. The molecule has 3 rings (SSSR count). The van der Waals surface area contributed by atoms with E-state index in [0.29, 0.717) is 19.3 Å². The van der Waals surface area contributed by atoms with Crippen LogP contribution in [0.4, 0.5) is 0 Å². The molecule has 6 nitrogen and oxygen atoms in total. The van der Waals surface area contributed by atoms with Crippen molar-refractivity contribution in [2.75, 3.05) is 0 Å². The Labute approximate surface area is 115 Å². The molecule has 1 aromatic carbocycles. The van der Waals surface area contributed by atoms with Crippen LogP contribution in [0.3, 0.4) is 0 Å². The van der Waals surface area contributed by atoms with Crippen LogP contribution in [0.25, 0.3) is 10.9 Å². The van der Waals surface area contributed by atoms with Gasteiger partial charge in [-0.3, -0.25) is 4.79 Å². The number of aryl methyl sites for hydroxylation is 1. The largest absolute Gasteiger partial charge is 0.481 e. The molecule has 4 N–H and O–H groups in total. The number of carboxylic acids is 1. The first-order chi connectivity index (χ1) is 9.36. The summed E-state index contributed by atoms with van der Waals surface area (Å²) in [6.45, 7) is 0. The number of benzene rings is 1. The van der Waals surface area contributed by atoms with E-state index in [1.807, 2.05) is 0 Å². The normalized spacial score (nSPS) is 18.9.